The van der Waals surface area contributed by atoms with Crippen molar-refractivity contribution in [2.45, 2.75) is 32.2 Å². The zero-order chi connectivity index (χ0) is 11.5. The fourth-order valence-electron chi connectivity index (χ4n) is 2.31. The standard InChI is InChI=1S/C13H20N2O/c1-10-9-11(14)5-6-13(10)15(7-8-16)12-3-2-4-12/h5-6,9,12,16H,2-4,7-8,14H2,1H3. The zero-order valence-electron chi connectivity index (χ0n) is 9.82. The maximum Gasteiger partial charge on any atom is 0.0606 e. The highest BCUT2D eigenvalue weighted by molar-refractivity contribution is 5.59. The van der Waals surface area contributed by atoms with Crippen molar-refractivity contribution in [2.24, 2.45) is 0 Å². The number of benzene rings is 1. The SMILES string of the molecule is Cc1cc(N)ccc1N(CCO)C1CCC1. The molecule has 0 saturated heterocycles. The van der Waals surface area contributed by atoms with Gasteiger partial charge in [0.15, 0.2) is 0 Å². The van der Waals surface area contributed by atoms with Crippen molar-refractivity contribution in [2.75, 3.05) is 23.8 Å². The van der Waals surface area contributed by atoms with E-state index < -0.39 is 0 Å². The highest BCUT2D eigenvalue weighted by Crippen LogP contribution is 2.31. The van der Waals surface area contributed by atoms with E-state index in [1.54, 1.807) is 0 Å². The van der Waals surface area contributed by atoms with Crippen LogP contribution < -0.4 is 10.6 Å². The number of rotatable bonds is 4. The fraction of sp³-hybridized carbons (Fsp3) is 0.538. The molecule has 3 heteroatoms. The maximum atomic E-state index is 9.15. The van der Waals surface area contributed by atoms with Gasteiger partial charge in [0.2, 0.25) is 0 Å². The van der Waals surface area contributed by atoms with E-state index >= 15 is 0 Å². The maximum absolute atomic E-state index is 9.15. The summed E-state index contributed by atoms with van der Waals surface area (Å²) in [5, 5.41) is 9.15. The third-order valence-electron chi connectivity index (χ3n) is 3.39. The molecule has 16 heavy (non-hydrogen) atoms. The average Bonchev–Trinajstić information content (AvgIpc) is 2.14. The normalized spacial score (nSPS) is 15.9. The molecular formula is C13H20N2O. The topological polar surface area (TPSA) is 49.5 Å². The number of anilines is 2. The van der Waals surface area contributed by atoms with Gasteiger partial charge in [0, 0.05) is 24.0 Å². The number of nitrogens with two attached hydrogens (primary N) is 1. The lowest BCUT2D eigenvalue weighted by molar-refractivity contribution is 0.283. The van der Waals surface area contributed by atoms with Crippen LogP contribution in [0.15, 0.2) is 18.2 Å². The Morgan fingerprint density at radius 3 is 2.69 bits per heavy atom. The second kappa shape index (κ2) is 4.74. The van der Waals surface area contributed by atoms with Gasteiger partial charge in [-0.25, -0.2) is 0 Å². The lowest BCUT2D eigenvalue weighted by Crippen LogP contribution is -2.42. The van der Waals surface area contributed by atoms with E-state index in [1.807, 2.05) is 12.1 Å². The van der Waals surface area contributed by atoms with Gasteiger partial charge >= 0.3 is 0 Å². The second-order valence-corrected chi connectivity index (χ2v) is 4.55. The first-order chi connectivity index (χ1) is 7.72. The predicted octanol–water partition coefficient (Wildman–Crippen LogP) is 1.93. The molecule has 0 aromatic heterocycles. The van der Waals surface area contributed by atoms with Gasteiger partial charge < -0.3 is 15.7 Å². The first-order valence-corrected chi connectivity index (χ1v) is 5.96. The van der Waals surface area contributed by atoms with Crippen molar-refractivity contribution in [1.29, 1.82) is 0 Å². The molecule has 0 amide bonds. The predicted molar refractivity (Wildman–Crippen MR) is 67.7 cm³/mol. The van der Waals surface area contributed by atoms with E-state index in [1.165, 1.54) is 30.5 Å². The van der Waals surface area contributed by atoms with Gasteiger partial charge in [-0.2, -0.15) is 0 Å². The molecule has 1 aromatic carbocycles. The summed E-state index contributed by atoms with van der Waals surface area (Å²) in [5.74, 6) is 0. The van der Waals surface area contributed by atoms with Crippen LogP contribution in [0.2, 0.25) is 0 Å². The summed E-state index contributed by atoms with van der Waals surface area (Å²) in [4.78, 5) is 2.32. The number of aryl methyl sites for hydroxylation is 1. The Labute approximate surface area is 96.9 Å². The lowest BCUT2D eigenvalue weighted by Gasteiger charge is -2.39. The summed E-state index contributed by atoms with van der Waals surface area (Å²) in [7, 11) is 0. The highest BCUT2D eigenvalue weighted by atomic mass is 16.3. The number of hydrogen-bond acceptors (Lipinski definition) is 3. The van der Waals surface area contributed by atoms with Crippen LogP contribution in [-0.4, -0.2) is 24.3 Å². The largest absolute Gasteiger partial charge is 0.399 e. The van der Waals surface area contributed by atoms with Crippen molar-refractivity contribution < 1.29 is 5.11 Å². The van der Waals surface area contributed by atoms with Gasteiger partial charge in [-0.3, -0.25) is 0 Å². The van der Waals surface area contributed by atoms with Crippen LogP contribution in [0.4, 0.5) is 11.4 Å². The molecule has 88 valence electrons. The Hall–Kier alpha value is -1.22. The first kappa shape index (κ1) is 11.3. The smallest absolute Gasteiger partial charge is 0.0606 e. The molecule has 3 N–H and O–H groups in total. The number of aliphatic hydroxyl groups is 1. The molecule has 1 fully saturated rings. The second-order valence-electron chi connectivity index (χ2n) is 4.55. The number of nitrogen functional groups attached to an aromatic ring is 1. The first-order valence-electron chi connectivity index (χ1n) is 5.96. The Kier molecular flexibility index (Phi) is 3.34. The van der Waals surface area contributed by atoms with Gasteiger partial charge in [-0.1, -0.05) is 0 Å². The van der Waals surface area contributed by atoms with Gasteiger partial charge in [0.05, 0.1) is 6.61 Å². The van der Waals surface area contributed by atoms with Crippen LogP contribution >= 0.6 is 0 Å². The Morgan fingerprint density at radius 1 is 1.44 bits per heavy atom. The molecule has 1 aliphatic rings. The Morgan fingerprint density at radius 2 is 2.19 bits per heavy atom. The minimum atomic E-state index is 0.209. The molecule has 0 radical (unpaired) electrons. The minimum absolute atomic E-state index is 0.209. The number of hydrogen-bond donors (Lipinski definition) is 2. The summed E-state index contributed by atoms with van der Waals surface area (Å²) < 4.78 is 0. The molecular weight excluding hydrogens is 200 g/mol. The molecule has 2 rings (SSSR count). The summed E-state index contributed by atoms with van der Waals surface area (Å²) in [6, 6.07) is 6.61. The van der Waals surface area contributed by atoms with Crippen LogP contribution in [0.3, 0.4) is 0 Å². The van der Waals surface area contributed by atoms with E-state index in [-0.39, 0.29) is 6.61 Å². The Bertz CT molecular complexity index is 361. The molecule has 1 saturated carbocycles. The van der Waals surface area contributed by atoms with Gasteiger partial charge in [0.25, 0.3) is 0 Å². The summed E-state index contributed by atoms with van der Waals surface area (Å²) >= 11 is 0. The van der Waals surface area contributed by atoms with Crippen LogP contribution in [0, 0.1) is 6.92 Å². The van der Waals surface area contributed by atoms with Gasteiger partial charge in [-0.05, 0) is 49.9 Å². The molecule has 0 spiro atoms. The van der Waals surface area contributed by atoms with E-state index in [0.717, 1.165) is 12.2 Å². The van der Waals surface area contributed by atoms with Crippen molar-refractivity contribution in [3.63, 3.8) is 0 Å². The van der Waals surface area contributed by atoms with Crippen molar-refractivity contribution in [1.82, 2.24) is 0 Å². The van der Waals surface area contributed by atoms with E-state index in [2.05, 4.69) is 17.9 Å². The quantitative estimate of drug-likeness (QED) is 0.762. The highest BCUT2D eigenvalue weighted by Gasteiger charge is 2.25. The van der Waals surface area contributed by atoms with Crippen LogP contribution in [-0.2, 0) is 0 Å². The Balaban J connectivity index is 2.23. The number of nitrogens with zero attached hydrogens (tertiary/aromatic N) is 1. The van der Waals surface area contributed by atoms with Crippen LogP contribution in [0.5, 0.6) is 0 Å². The molecule has 0 unspecified atom stereocenters. The number of aliphatic hydroxyl groups excluding tert-OH is 1. The molecule has 1 aromatic rings. The monoisotopic (exact) mass is 220 g/mol. The van der Waals surface area contributed by atoms with E-state index in [4.69, 9.17) is 10.8 Å². The summed E-state index contributed by atoms with van der Waals surface area (Å²) in [6.45, 7) is 3.00. The summed E-state index contributed by atoms with van der Waals surface area (Å²) in [5.41, 5.74) is 8.97. The zero-order valence-corrected chi connectivity index (χ0v) is 9.82. The van der Waals surface area contributed by atoms with Crippen molar-refractivity contribution in [3.8, 4) is 0 Å². The van der Waals surface area contributed by atoms with Crippen LogP contribution in [0.1, 0.15) is 24.8 Å². The average molecular weight is 220 g/mol. The van der Waals surface area contributed by atoms with Crippen LogP contribution in [0.25, 0.3) is 0 Å². The summed E-state index contributed by atoms with van der Waals surface area (Å²) in [6.07, 6.45) is 3.79. The third kappa shape index (κ3) is 2.14. The third-order valence-corrected chi connectivity index (χ3v) is 3.39. The molecule has 0 atom stereocenters. The molecule has 0 heterocycles. The molecule has 3 nitrogen and oxygen atoms in total. The van der Waals surface area contributed by atoms with E-state index in [9.17, 15) is 0 Å². The lowest BCUT2D eigenvalue weighted by atomic mass is 9.90. The fourth-order valence-corrected chi connectivity index (χ4v) is 2.31. The van der Waals surface area contributed by atoms with E-state index in [0.29, 0.717) is 6.04 Å². The molecule has 0 bridgehead atoms. The van der Waals surface area contributed by atoms with Crippen molar-refractivity contribution >= 4 is 11.4 Å². The molecule has 0 aliphatic heterocycles. The molecule has 1 aliphatic carbocycles. The van der Waals surface area contributed by atoms with Gasteiger partial charge in [0.1, 0.15) is 0 Å². The minimum Gasteiger partial charge on any atom is -0.399 e. The van der Waals surface area contributed by atoms with Crippen molar-refractivity contribution in [3.05, 3.63) is 23.8 Å². The van der Waals surface area contributed by atoms with Gasteiger partial charge in [-0.15, -0.1) is 0 Å².